The summed E-state index contributed by atoms with van der Waals surface area (Å²) in [5.41, 5.74) is 2.51. The van der Waals surface area contributed by atoms with Crippen molar-refractivity contribution in [3.8, 4) is 5.75 Å². The van der Waals surface area contributed by atoms with E-state index >= 15 is 0 Å². The van der Waals surface area contributed by atoms with Gasteiger partial charge in [0.2, 0.25) is 0 Å². The number of aromatic nitrogens is 1. The predicted molar refractivity (Wildman–Crippen MR) is 85.5 cm³/mol. The minimum atomic E-state index is 0.535. The zero-order valence-electron chi connectivity index (χ0n) is 12.6. The average molecular weight is 272 g/mol. The molecular weight excluding hydrogens is 248 g/mol. The molecule has 0 amide bonds. The molecule has 108 valence electrons. The summed E-state index contributed by atoms with van der Waals surface area (Å²) in [6.45, 7) is 10.3. The van der Waals surface area contributed by atoms with Crippen LogP contribution in [-0.2, 0) is 6.42 Å². The van der Waals surface area contributed by atoms with Gasteiger partial charge in [0.1, 0.15) is 5.75 Å². The van der Waals surface area contributed by atoms with E-state index in [1.54, 1.807) is 7.11 Å². The van der Waals surface area contributed by atoms with Gasteiger partial charge >= 0.3 is 0 Å². The van der Waals surface area contributed by atoms with E-state index in [9.17, 15) is 0 Å². The van der Waals surface area contributed by atoms with E-state index in [2.05, 4.69) is 48.6 Å². The summed E-state index contributed by atoms with van der Waals surface area (Å²) >= 11 is 0. The van der Waals surface area contributed by atoms with E-state index in [1.807, 2.05) is 12.1 Å². The highest BCUT2D eigenvalue weighted by molar-refractivity contribution is 5.84. The van der Waals surface area contributed by atoms with Crippen LogP contribution < -0.4 is 4.74 Å². The molecule has 0 aliphatic carbocycles. The third kappa shape index (κ3) is 3.23. The Labute approximate surface area is 121 Å². The fraction of sp³-hybridized carbons (Fsp3) is 0.412. The second kappa shape index (κ2) is 6.62. The van der Waals surface area contributed by atoms with Crippen LogP contribution in [0.1, 0.15) is 19.4 Å². The number of rotatable bonds is 7. The molecule has 0 spiro atoms. The zero-order valence-corrected chi connectivity index (χ0v) is 12.6. The highest BCUT2D eigenvalue weighted by atomic mass is 16.5. The molecule has 20 heavy (non-hydrogen) atoms. The van der Waals surface area contributed by atoms with Crippen LogP contribution in [0.25, 0.3) is 10.9 Å². The van der Waals surface area contributed by atoms with Gasteiger partial charge in [0.25, 0.3) is 0 Å². The van der Waals surface area contributed by atoms with E-state index in [4.69, 9.17) is 4.74 Å². The van der Waals surface area contributed by atoms with E-state index in [0.717, 1.165) is 25.3 Å². The predicted octanol–water partition coefficient (Wildman–Crippen LogP) is 3.62. The summed E-state index contributed by atoms with van der Waals surface area (Å²) in [4.78, 5) is 5.75. The number of H-pyrrole nitrogens is 1. The summed E-state index contributed by atoms with van der Waals surface area (Å²) in [6.07, 6.45) is 5.11. The number of hydrogen-bond acceptors (Lipinski definition) is 2. The van der Waals surface area contributed by atoms with Gasteiger partial charge in [-0.1, -0.05) is 6.08 Å². The van der Waals surface area contributed by atoms with Gasteiger partial charge in [-0.05, 0) is 44.0 Å². The first-order valence-electron chi connectivity index (χ1n) is 7.14. The van der Waals surface area contributed by atoms with Crippen molar-refractivity contribution < 1.29 is 4.74 Å². The number of fused-ring (bicyclic) bond motifs is 1. The molecule has 0 bridgehead atoms. The van der Waals surface area contributed by atoms with Crippen molar-refractivity contribution in [2.24, 2.45) is 0 Å². The zero-order chi connectivity index (χ0) is 14.5. The number of ether oxygens (including phenoxy) is 1. The number of hydrogen-bond donors (Lipinski definition) is 1. The SMILES string of the molecule is C=CCN(CCc1c[nH]c2ccc(OC)cc12)C(C)C. The molecule has 0 atom stereocenters. The Hall–Kier alpha value is -1.74. The standard InChI is InChI=1S/C17H24N2O/c1-5-9-19(13(2)3)10-8-14-12-18-17-7-6-15(20-4)11-16(14)17/h5-7,11-13,18H,1,8-10H2,2-4H3. The minimum absolute atomic E-state index is 0.535. The normalized spacial score (nSPS) is 11.4. The fourth-order valence-corrected chi connectivity index (χ4v) is 2.48. The van der Waals surface area contributed by atoms with E-state index < -0.39 is 0 Å². The third-order valence-corrected chi connectivity index (χ3v) is 3.74. The number of methoxy groups -OCH3 is 1. The Morgan fingerprint density at radius 3 is 2.85 bits per heavy atom. The van der Waals surface area contributed by atoms with Gasteiger partial charge in [0.15, 0.2) is 0 Å². The Balaban J connectivity index is 2.14. The van der Waals surface area contributed by atoms with Crippen LogP contribution in [0.2, 0.25) is 0 Å². The molecule has 0 fully saturated rings. The highest BCUT2D eigenvalue weighted by Gasteiger charge is 2.10. The molecule has 0 unspecified atom stereocenters. The van der Waals surface area contributed by atoms with Crippen LogP contribution >= 0.6 is 0 Å². The van der Waals surface area contributed by atoms with Crippen LogP contribution in [0.5, 0.6) is 5.75 Å². The number of nitrogens with zero attached hydrogens (tertiary/aromatic N) is 1. The number of nitrogens with one attached hydrogen (secondary N) is 1. The Kier molecular flexibility index (Phi) is 4.85. The van der Waals surface area contributed by atoms with E-state index in [-0.39, 0.29) is 0 Å². The van der Waals surface area contributed by atoms with Crippen LogP contribution in [-0.4, -0.2) is 36.1 Å². The van der Waals surface area contributed by atoms with Gasteiger partial charge in [-0.15, -0.1) is 6.58 Å². The minimum Gasteiger partial charge on any atom is -0.497 e. The maximum Gasteiger partial charge on any atom is 0.119 e. The summed E-state index contributed by atoms with van der Waals surface area (Å²) in [5.74, 6) is 0.908. The molecule has 1 aromatic heterocycles. The molecule has 2 aromatic rings. The van der Waals surface area contributed by atoms with Crippen molar-refractivity contribution in [1.29, 1.82) is 0 Å². The van der Waals surface area contributed by atoms with Gasteiger partial charge in [-0.2, -0.15) is 0 Å². The summed E-state index contributed by atoms with van der Waals surface area (Å²) in [5, 5.41) is 1.26. The van der Waals surface area contributed by atoms with Crippen molar-refractivity contribution in [1.82, 2.24) is 9.88 Å². The summed E-state index contributed by atoms with van der Waals surface area (Å²) in [6, 6.07) is 6.70. The van der Waals surface area contributed by atoms with Gasteiger partial charge < -0.3 is 9.72 Å². The van der Waals surface area contributed by atoms with Crippen molar-refractivity contribution >= 4 is 10.9 Å². The van der Waals surface area contributed by atoms with Gasteiger partial charge in [0.05, 0.1) is 7.11 Å². The largest absolute Gasteiger partial charge is 0.497 e. The molecule has 0 aliphatic rings. The molecule has 0 saturated heterocycles. The average Bonchev–Trinajstić information content (AvgIpc) is 2.85. The molecule has 1 aromatic carbocycles. The molecule has 2 rings (SSSR count). The monoisotopic (exact) mass is 272 g/mol. The van der Waals surface area contributed by atoms with Crippen LogP contribution in [0, 0.1) is 0 Å². The first-order chi connectivity index (χ1) is 9.65. The van der Waals surface area contributed by atoms with E-state index in [0.29, 0.717) is 6.04 Å². The molecule has 1 heterocycles. The Bertz CT molecular complexity index is 571. The van der Waals surface area contributed by atoms with Crippen molar-refractivity contribution in [2.45, 2.75) is 26.3 Å². The smallest absolute Gasteiger partial charge is 0.119 e. The molecule has 0 saturated carbocycles. The maximum atomic E-state index is 5.31. The van der Waals surface area contributed by atoms with Crippen LogP contribution in [0.15, 0.2) is 37.1 Å². The van der Waals surface area contributed by atoms with Crippen LogP contribution in [0.3, 0.4) is 0 Å². The lowest BCUT2D eigenvalue weighted by Crippen LogP contribution is -2.32. The second-order valence-electron chi connectivity index (χ2n) is 5.35. The quantitative estimate of drug-likeness (QED) is 0.780. The van der Waals surface area contributed by atoms with Crippen molar-refractivity contribution in [2.75, 3.05) is 20.2 Å². The Morgan fingerprint density at radius 1 is 1.40 bits per heavy atom. The molecule has 1 N–H and O–H groups in total. The maximum absolute atomic E-state index is 5.31. The first-order valence-corrected chi connectivity index (χ1v) is 7.14. The number of benzene rings is 1. The second-order valence-corrected chi connectivity index (χ2v) is 5.35. The van der Waals surface area contributed by atoms with Crippen LogP contribution in [0.4, 0.5) is 0 Å². The lowest BCUT2D eigenvalue weighted by atomic mass is 10.1. The third-order valence-electron chi connectivity index (χ3n) is 3.74. The molecule has 0 aliphatic heterocycles. The van der Waals surface area contributed by atoms with E-state index in [1.165, 1.54) is 16.5 Å². The lowest BCUT2D eigenvalue weighted by molar-refractivity contribution is 0.249. The first kappa shape index (κ1) is 14.7. The number of aromatic amines is 1. The lowest BCUT2D eigenvalue weighted by Gasteiger charge is -2.24. The van der Waals surface area contributed by atoms with Gasteiger partial charge in [-0.25, -0.2) is 0 Å². The topological polar surface area (TPSA) is 28.3 Å². The molecule has 3 nitrogen and oxygen atoms in total. The van der Waals surface area contributed by atoms with Crippen molar-refractivity contribution in [3.05, 3.63) is 42.6 Å². The van der Waals surface area contributed by atoms with Crippen molar-refractivity contribution in [3.63, 3.8) is 0 Å². The summed E-state index contributed by atoms with van der Waals surface area (Å²) in [7, 11) is 1.71. The molecule has 3 heteroatoms. The Morgan fingerprint density at radius 2 is 2.20 bits per heavy atom. The van der Waals surface area contributed by atoms with Gasteiger partial charge in [-0.3, -0.25) is 4.90 Å². The highest BCUT2D eigenvalue weighted by Crippen LogP contribution is 2.24. The molecular formula is C17H24N2O. The summed E-state index contributed by atoms with van der Waals surface area (Å²) < 4.78 is 5.31. The fourth-order valence-electron chi connectivity index (χ4n) is 2.48. The molecule has 0 radical (unpaired) electrons. The van der Waals surface area contributed by atoms with Gasteiger partial charge in [0, 0.05) is 36.2 Å².